The fourth-order valence-corrected chi connectivity index (χ4v) is 3.06. The Morgan fingerprint density at radius 2 is 2.06 bits per heavy atom. The third kappa shape index (κ3) is 2.97. The molecule has 1 aliphatic rings. The van der Waals surface area contributed by atoms with Crippen LogP contribution in [-0.4, -0.2) is 43.9 Å². The predicted molar refractivity (Wildman–Crippen MR) is 63.7 cm³/mol. The van der Waals surface area contributed by atoms with Crippen LogP contribution in [0.15, 0.2) is 0 Å². The minimum atomic E-state index is -3.45. The lowest BCUT2D eigenvalue weighted by Gasteiger charge is -2.38. The van der Waals surface area contributed by atoms with Crippen LogP contribution in [0.5, 0.6) is 0 Å². The molecule has 0 amide bonds. The summed E-state index contributed by atoms with van der Waals surface area (Å²) in [6.07, 6.45) is 1.44. The highest BCUT2D eigenvalue weighted by atomic mass is 32.2. The number of rotatable bonds is 4. The Bertz CT molecular complexity index is 391. The molecule has 1 rings (SSSR count). The van der Waals surface area contributed by atoms with Crippen molar-refractivity contribution in [2.75, 3.05) is 20.1 Å². The molecule has 1 unspecified atom stereocenters. The lowest BCUT2D eigenvalue weighted by molar-refractivity contribution is -0.151. The molecule has 100 valence electrons. The number of hydrogen-bond acceptors (Lipinski definition) is 3. The summed E-state index contributed by atoms with van der Waals surface area (Å²) in [7, 11) is -2.09. The molecule has 17 heavy (non-hydrogen) atoms. The molecular formula is C10H20N2O4S. The van der Waals surface area contributed by atoms with Crippen molar-refractivity contribution in [2.24, 2.45) is 11.3 Å². The van der Waals surface area contributed by atoms with E-state index in [0.29, 0.717) is 13.0 Å². The van der Waals surface area contributed by atoms with E-state index in [1.54, 1.807) is 13.8 Å². The maximum Gasteiger partial charge on any atom is 0.309 e. The number of nitrogens with zero attached hydrogens (tertiary/aromatic N) is 1. The van der Waals surface area contributed by atoms with Crippen molar-refractivity contribution in [3.63, 3.8) is 0 Å². The summed E-state index contributed by atoms with van der Waals surface area (Å²) in [4.78, 5) is 11.2. The Labute approximate surface area is 102 Å². The summed E-state index contributed by atoms with van der Waals surface area (Å²) in [6, 6.07) is 0. The number of carboxylic acid groups (broad SMARTS) is 1. The van der Waals surface area contributed by atoms with E-state index in [-0.39, 0.29) is 12.5 Å². The van der Waals surface area contributed by atoms with Crippen molar-refractivity contribution in [1.82, 2.24) is 9.03 Å². The number of carbonyl (C=O) groups is 1. The average Bonchev–Trinajstić information content (AvgIpc) is 2.29. The molecule has 2 N–H and O–H groups in total. The topological polar surface area (TPSA) is 86.7 Å². The molecule has 1 aliphatic heterocycles. The number of piperidine rings is 1. The summed E-state index contributed by atoms with van der Waals surface area (Å²) in [6.45, 7) is 4.02. The highest BCUT2D eigenvalue weighted by Gasteiger charge is 2.41. The molecule has 0 bridgehead atoms. The van der Waals surface area contributed by atoms with Gasteiger partial charge in [-0.1, -0.05) is 0 Å². The molecule has 1 atom stereocenters. The van der Waals surface area contributed by atoms with Gasteiger partial charge in [0.1, 0.15) is 0 Å². The first kappa shape index (κ1) is 14.4. The SMILES string of the molecule is CNS(=O)(=O)N1CCCC(C(C)(C)C(=O)O)C1. The number of aliphatic carboxylic acids is 1. The lowest BCUT2D eigenvalue weighted by Crippen LogP contribution is -2.49. The van der Waals surface area contributed by atoms with Crippen LogP contribution in [0.2, 0.25) is 0 Å². The van der Waals surface area contributed by atoms with Crippen LogP contribution in [0.1, 0.15) is 26.7 Å². The Morgan fingerprint density at radius 1 is 1.47 bits per heavy atom. The van der Waals surface area contributed by atoms with Crippen LogP contribution < -0.4 is 4.72 Å². The van der Waals surface area contributed by atoms with Gasteiger partial charge in [0, 0.05) is 20.1 Å². The van der Waals surface area contributed by atoms with Crippen molar-refractivity contribution >= 4 is 16.2 Å². The number of carboxylic acids is 1. The van der Waals surface area contributed by atoms with Gasteiger partial charge in [-0.15, -0.1) is 0 Å². The van der Waals surface area contributed by atoms with E-state index >= 15 is 0 Å². The highest BCUT2D eigenvalue weighted by molar-refractivity contribution is 7.87. The van der Waals surface area contributed by atoms with Gasteiger partial charge in [-0.05, 0) is 32.6 Å². The van der Waals surface area contributed by atoms with Crippen LogP contribution in [0.4, 0.5) is 0 Å². The maximum atomic E-state index is 11.7. The Kier molecular flexibility index (Phi) is 4.16. The fraction of sp³-hybridized carbons (Fsp3) is 0.900. The van der Waals surface area contributed by atoms with Gasteiger partial charge >= 0.3 is 5.97 Å². The zero-order valence-corrected chi connectivity index (χ0v) is 11.2. The van der Waals surface area contributed by atoms with E-state index in [2.05, 4.69) is 4.72 Å². The van der Waals surface area contributed by atoms with Gasteiger partial charge in [-0.25, -0.2) is 4.72 Å². The molecule has 6 nitrogen and oxygen atoms in total. The molecule has 0 spiro atoms. The standard InChI is InChI=1S/C10H20N2O4S/c1-10(2,9(13)14)8-5-4-6-12(7-8)17(15,16)11-3/h8,11H,4-7H2,1-3H3,(H,13,14). The zero-order chi connectivity index (χ0) is 13.3. The summed E-state index contributed by atoms with van der Waals surface area (Å²) in [5, 5.41) is 9.16. The van der Waals surface area contributed by atoms with Gasteiger partial charge < -0.3 is 5.11 Å². The van der Waals surface area contributed by atoms with E-state index in [1.807, 2.05) is 0 Å². The highest BCUT2D eigenvalue weighted by Crippen LogP contribution is 2.34. The van der Waals surface area contributed by atoms with E-state index in [0.717, 1.165) is 6.42 Å². The van der Waals surface area contributed by atoms with Gasteiger partial charge in [0.25, 0.3) is 10.2 Å². The van der Waals surface area contributed by atoms with Gasteiger partial charge in [0.05, 0.1) is 5.41 Å². The van der Waals surface area contributed by atoms with Gasteiger partial charge in [-0.2, -0.15) is 12.7 Å². The van der Waals surface area contributed by atoms with Crippen molar-refractivity contribution < 1.29 is 18.3 Å². The number of hydrogen-bond donors (Lipinski definition) is 2. The number of nitrogens with one attached hydrogen (secondary N) is 1. The predicted octanol–water partition coefficient (Wildman–Crippen LogP) is 0.273. The quantitative estimate of drug-likeness (QED) is 0.763. The van der Waals surface area contributed by atoms with Crippen molar-refractivity contribution in [2.45, 2.75) is 26.7 Å². The average molecular weight is 264 g/mol. The summed E-state index contributed by atoms with van der Waals surface area (Å²) in [5.74, 6) is -1.04. The molecule has 0 aliphatic carbocycles. The van der Waals surface area contributed by atoms with Crippen LogP contribution in [-0.2, 0) is 15.0 Å². The Hall–Kier alpha value is -0.660. The molecule has 1 heterocycles. The van der Waals surface area contributed by atoms with Crippen molar-refractivity contribution in [3.05, 3.63) is 0 Å². The third-order valence-electron chi connectivity index (χ3n) is 3.55. The van der Waals surface area contributed by atoms with E-state index in [9.17, 15) is 13.2 Å². The Balaban J connectivity index is 2.84. The zero-order valence-electron chi connectivity index (χ0n) is 10.4. The molecule has 0 radical (unpaired) electrons. The van der Waals surface area contributed by atoms with Crippen LogP contribution in [0, 0.1) is 11.3 Å². The van der Waals surface area contributed by atoms with Crippen LogP contribution in [0.3, 0.4) is 0 Å². The normalized spacial score (nSPS) is 23.6. The smallest absolute Gasteiger partial charge is 0.309 e. The fourth-order valence-electron chi connectivity index (χ4n) is 2.05. The molecule has 1 fully saturated rings. The van der Waals surface area contributed by atoms with Crippen LogP contribution >= 0.6 is 0 Å². The minimum Gasteiger partial charge on any atom is -0.481 e. The molecular weight excluding hydrogens is 244 g/mol. The van der Waals surface area contributed by atoms with Gasteiger partial charge in [0.15, 0.2) is 0 Å². The third-order valence-corrected chi connectivity index (χ3v) is 5.08. The largest absolute Gasteiger partial charge is 0.481 e. The molecule has 0 saturated carbocycles. The first-order valence-electron chi connectivity index (χ1n) is 5.64. The first-order valence-corrected chi connectivity index (χ1v) is 7.08. The second-order valence-electron chi connectivity index (χ2n) is 4.93. The monoisotopic (exact) mass is 264 g/mol. The molecule has 7 heteroatoms. The minimum absolute atomic E-state index is 0.156. The second-order valence-corrected chi connectivity index (χ2v) is 6.81. The van der Waals surface area contributed by atoms with E-state index in [4.69, 9.17) is 5.11 Å². The van der Waals surface area contributed by atoms with Gasteiger partial charge in [0.2, 0.25) is 0 Å². The first-order chi connectivity index (χ1) is 7.71. The molecule has 1 saturated heterocycles. The summed E-state index contributed by atoms with van der Waals surface area (Å²) in [5.41, 5.74) is -0.901. The van der Waals surface area contributed by atoms with Crippen LogP contribution in [0.25, 0.3) is 0 Å². The lowest BCUT2D eigenvalue weighted by atomic mass is 9.75. The maximum absolute atomic E-state index is 11.7. The summed E-state index contributed by atoms with van der Waals surface area (Å²) >= 11 is 0. The second kappa shape index (κ2) is 4.91. The summed E-state index contributed by atoms with van der Waals surface area (Å²) < 4.78 is 26.9. The van der Waals surface area contributed by atoms with Gasteiger partial charge in [-0.3, -0.25) is 4.79 Å². The molecule has 0 aromatic carbocycles. The van der Waals surface area contributed by atoms with E-state index in [1.165, 1.54) is 11.4 Å². The molecule has 0 aromatic rings. The van der Waals surface area contributed by atoms with Crippen molar-refractivity contribution in [1.29, 1.82) is 0 Å². The van der Waals surface area contributed by atoms with Crippen molar-refractivity contribution in [3.8, 4) is 0 Å². The van der Waals surface area contributed by atoms with E-state index < -0.39 is 21.6 Å². The Morgan fingerprint density at radius 3 is 2.53 bits per heavy atom. The molecule has 0 aromatic heterocycles.